The number of likely N-dealkylation sites (tertiary alicyclic amines) is 1. The SMILES string of the molecule is O=C1CCCCN1CCOc1cccc(C#CCCO)c1. The van der Waals surface area contributed by atoms with Gasteiger partial charge in [0, 0.05) is 24.9 Å². The van der Waals surface area contributed by atoms with E-state index in [-0.39, 0.29) is 12.5 Å². The molecule has 0 unspecified atom stereocenters. The topological polar surface area (TPSA) is 49.8 Å². The molecule has 4 heteroatoms. The lowest BCUT2D eigenvalue weighted by Crippen LogP contribution is -2.38. The Hall–Kier alpha value is -1.99. The van der Waals surface area contributed by atoms with E-state index in [9.17, 15) is 4.79 Å². The van der Waals surface area contributed by atoms with Crippen LogP contribution < -0.4 is 4.74 Å². The Balaban J connectivity index is 1.81. The highest BCUT2D eigenvalue weighted by molar-refractivity contribution is 5.76. The van der Waals surface area contributed by atoms with E-state index in [1.54, 1.807) is 0 Å². The van der Waals surface area contributed by atoms with Crippen molar-refractivity contribution in [2.45, 2.75) is 25.7 Å². The standard InChI is InChI=1S/C17H21NO3/c19-12-4-2-6-15-7-5-8-16(14-15)21-13-11-18-10-3-1-9-17(18)20/h5,7-8,14,19H,1,3-4,9-13H2. The van der Waals surface area contributed by atoms with Crippen LogP contribution in [-0.4, -0.2) is 42.2 Å². The number of amides is 1. The van der Waals surface area contributed by atoms with Crippen molar-refractivity contribution >= 4 is 5.91 Å². The van der Waals surface area contributed by atoms with Crippen molar-refractivity contribution < 1.29 is 14.6 Å². The van der Waals surface area contributed by atoms with Gasteiger partial charge in [-0.2, -0.15) is 0 Å². The molecule has 0 atom stereocenters. The third kappa shape index (κ3) is 5.13. The first-order valence-corrected chi connectivity index (χ1v) is 7.40. The number of hydrogen-bond donors (Lipinski definition) is 1. The van der Waals surface area contributed by atoms with Crippen molar-refractivity contribution in [2.24, 2.45) is 0 Å². The Morgan fingerprint density at radius 2 is 2.24 bits per heavy atom. The van der Waals surface area contributed by atoms with Crippen molar-refractivity contribution in [3.63, 3.8) is 0 Å². The van der Waals surface area contributed by atoms with E-state index in [0.717, 1.165) is 30.7 Å². The molecular weight excluding hydrogens is 266 g/mol. The maximum atomic E-state index is 11.7. The summed E-state index contributed by atoms with van der Waals surface area (Å²) in [4.78, 5) is 13.5. The molecule has 1 aliphatic heterocycles. The molecule has 0 spiro atoms. The van der Waals surface area contributed by atoms with Gasteiger partial charge in [0.2, 0.25) is 5.91 Å². The summed E-state index contributed by atoms with van der Waals surface area (Å²) in [6.45, 7) is 2.06. The molecule has 1 saturated heterocycles. The number of nitrogens with zero attached hydrogens (tertiary/aromatic N) is 1. The van der Waals surface area contributed by atoms with Gasteiger partial charge in [-0.1, -0.05) is 17.9 Å². The number of carbonyl (C=O) groups is 1. The van der Waals surface area contributed by atoms with E-state index < -0.39 is 0 Å². The molecule has 0 radical (unpaired) electrons. The summed E-state index contributed by atoms with van der Waals surface area (Å²) in [5, 5.41) is 8.70. The molecule has 21 heavy (non-hydrogen) atoms. The van der Waals surface area contributed by atoms with Gasteiger partial charge >= 0.3 is 0 Å². The molecule has 2 rings (SSSR count). The van der Waals surface area contributed by atoms with Gasteiger partial charge in [0.15, 0.2) is 0 Å². The van der Waals surface area contributed by atoms with E-state index in [1.165, 1.54) is 0 Å². The molecule has 1 fully saturated rings. The molecule has 0 saturated carbocycles. The maximum Gasteiger partial charge on any atom is 0.222 e. The third-order valence-corrected chi connectivity index (χ3v) is 3.35. The van der Waals surface area contributed by atoms with Gasteiger partial charge in [0.25, 0.3) is 0 Å². The van der Waals surface area contributed by atoms with Crippen LogP contribution in [0.15, 0.2) is 24.3 Å². The minimum atomic E-state index is 0.0764. The van der Waals surface area contributed by atoms with Gasteiger partial charge in [0.1, 0.15) is 12.4 Å². The number of benzene rings is 1. The van der Waals surface area contributed by atoms with Crippen LogP contribution in [0.4, 0.5) is 0 Å². The molecule has 0 bridgehead atoms. The van der Waals surface area contributed by atoms with Crippen molar-refractivity contribution in [1.29, 1.82) is 0 Å². The third-order valence-electron chi connectivity index (χ3n) is 3.35. The van der Waals surface area contributed by atoms with Gasteiger partial charge in [-0.3, -0.25) is 4.79 Å². The Kier molecular flexibility index (Phi) is 6.11. The number of rotatable bonds is 5. The van der Waals surface area contributed by atoms with E-state index in [2.05, 4.69) is 11.8 Å². The number of carbonyl (C=O) groups excluding carboxylic acids is 1. The Morgan fingerprint density at radius 3 is 3.05 bits per heavy atom. The van der Waals surface area contributed by atoms with Gasteiger partial charge in [0.05, 0.1) is 13.2 Å². The fourth-order valence-electron chi connectivity index (χ4n) is 2.26. The predicted octanol–water partition coefficient (Wildman–Crippen LogP) is 1.81. The van der Waals surface area contributed by atoms with E-state index in [1.807, 2.05) is 29.2 Å². The number of ether oxygens (including phenoxy) is 1. The zero-order valence-corrected chi connectivity index (χ0v) is 12.2. The highest BCUT2D eigenvalue weighted by atomic mass is 16.5. The van der Waals surface area contributed by atoms with Crippen LogP contribution in [0.25, 0.3) is 0 Å². The van der Waals surface area contributed by atoms with Crippen LogP contribution in [0.1, 0.15) is 31.2 Å². The van der Waals surface area contributed by atoms with Crippen molar-refractivity contribution in [3.05, 3.63) is 29.8 Å². The number of piperidine rings is 1. The Morgan fingerprint density at radius 1 is 1.33 bits per heavy atom. The van der Waals surface area contributed by atoms with E-state index in [4.69, 9.17) is 9.84 Å². The van der Waals surface area contributed by atoms with Crippen LogP contribution in [0.3, 0.4) is 0 Å². The fraction of sp³-hybridized carbons (Fsp3) is 0.471. The Labute approximate surface area is 125 Å². The first-order valence-electron chi connectivity index (χ1n) is 7.40. The van der Waals surface area contributed by atoms with E-state index in [0.29, 0.717) is 26.0 Å². The van der Waals surface area contributed by atoms with Gasteiger partial charge in [-0.05, 0) is 31.0 Å². The average molecular weight is 287 g/mol. The maximum absolute atomic E-state index is 11.7. The normalized spacial score (nSPS) is 14.5. The van der Waals surface area contributed by atoms with Gasteiger partial charge in [-0.25, -0.2) is 0 Å². The van der Waals surface area contributed by atoms with Crippen LogP contribution in [0.2, 0.25) is 0 Å². The molecule has 0 aromatic heterocycles. The zero-order chi connectivity index (χ0) is 14.9. The first-order chi connectivity index (χ1) is 10.3. The number of aliphatic hydroxyl groups is 1. The summed E-state index contributed by atoms with van der Waals surface area (Å²) in [6.07, 6.45) is 3.23. The Bertz CT molecular complexity index is 530. The molecule has 1 N–H and O–H groups in total. The van der Waals surface area contributed by atoms with Crippen LogP contribution in [-0.2, 0) is 4.79 Å². The summed E-state index contributed by atoms with van der Waals surface area (Å²) >= 11 is 0. The minimum Gasteiger partial charge on any atom is -0.492 e. The number of aliphatic hydroxyl groups excluding tert-OH is 1. The second-order valence-electron chi connectivity index (χ2n) is 4.99. The quantitative estimate of drug-likeness (QED) is 0.840. The smallest absolute Gasteiger partial charge is 0.222 e. The lowest BCUT2D eigenvalue weighted by atomic mass is 10.1. The van der Waals surface area contributed by atoms with Crippen molar-refractivity contribution in [1.82, 2.24) is 4.90 Å². The van der Waals surface area contributed by atoms with Crippen molar-refractivity contribution in [2.75, 3.05) is 26.3 Å². The zero-order valence-electron chi connectivity index (χ0n) is 12.2. The molecule has 1 aromatic rings. The monoisotopic (exact) mass is 287 g/mol. The molecule has 0 aliphatic carbocycles. The largest absolute Gasteiger partial charge is 0.492 e. The molecule has 1 heterocycles. The second kappa shape index (κ2) is 8.33. The average Bonchev–Trinajstić information content (AvgIpc) is 2.50. The summed E-state index contributed by atoms with van der Waals surface area (Å²) in [5.74, 6) is 6.85. The van der Waals surface area contributed by atoms with Crippen molar-refractivity contribution in [3.8, 4) is 17.6 Å². The van der Waals surface area contributed by atoms with Crippen LogP contribution in [0.5, 0.6) is 5.75 Å². The lowest BCUT2D eigenvalue weighted by molar-refractivity contribution is -0.133. The molecule has 1 aromatic carbocycles. The first kappa shape index (κ1) is 15.4. The van der Waals surface area contributed by atoms with Crippen LogP contribution in [0, 0.1) is 11.8 Å². The molecule has 1 aliphatic rings. The van der Waals surface area contributed by atoms with Gasteiger partial charge in [-0.15, -0.1) is 0 Å². The molecular formula is C17H21NO3. The second-order valence-corrected chi connectivity index (χ2v) is 4.99. The van der Waals surface area contributed by atoms with Gasteiger partial charge < -0.3 is 14.7 Å². The minimum absolute atomic E-state index is 0.0764. The summed E-state index contributed by atoms with van der Waals surface area (Å²) < 4.78 is 5.69. The molecule has 4 nitrogen and oxygen atoms in total. The van der Waals surface area contributed by atoms with Crippen LogP contribution >= 0.6 is 0 Å². The lowest BCUT2D eigenvalue weighted by Gasteiger charge is -2.26. The summed E-state index contributed by atoms with van der Waals surface area (Å²) in [7, 11) is 0. The fourth-order valence-corrected chi connectivity index (χ4v) is 2.26. The molecule has 112 valence electrons. The molecule has 1 amide bonds. The highest BCUT2D eigenvalue weighted by Crippen LogP contribution is 2.14. The highest BCUT2D eigenvalue weighted by Gasteiger charge is 2.17. The van der Waals surface area contributed by atoms with E-state index >= 15 is 0 Å². The summed E-state index contributed by atoms with van der Waals surface area (Å²) in [5.41, 5.74) is 0.870. The summed E-state index contributed by atoms with van der Waals surface area (Å²) in [6, 6.07) is 7.56. The number of hydrogen-bond acceptors (Lipinski definition) is 3. The predicted molar refractivity (Wildman–Crippen MR) is 80.9 cm³/mol.